The van der Waals surface area contributed by atoms with Gasteiger partial charge in [-0.2, -0.15) is 8.78 Å². The van der Waals surface area contributed by atoms with Gasteiger partial charge >= 0.3 is 0 Å². The molecule has 2 rings (SSSR count). The molecule has 1 aliphatic carbocycles. The van der Waals surface area contributed by atoms with E-state index in [9.17, 15) is 8.78 Å². The zero-order chi connectivity index (χ0) is 16.5. The molecule has 0 spiro atoms. The number of unbranched alkanes of at least 4 members (excludes halogenated alkanes) is 4. The third kappa shape index (κ3) is 6.45. The first kappa shape index (κ1) is 18.2. The van der Waals surface area contributed by atoms with Crippen LogP contribution in [0.2, 0.25) is 0 Å². The van der Waals surface area contributed by atoms with Crippen LogP contribution in [0.4, 0.5) is 8.78 Å². The molecule has 1 saturated carbocycles. The Bertz CT molecular complexity index is 463. The standard InChI is InChI=1S/C21H30F2/c1-2-3-4-5-6-7-17-8-12-19(13-9-17)20-14-10-18(11-15-20)16-21(22)23/h10-11,14-17,19H,2-9,12-13H2,1H3. The topological polar surface area (TPSA) is 0 Å². The lowest BCUT2D eigenvalue weighted by molar-refractivity contribution is 0.302. The molecule has 23 heavy (non-hydrogen) atoms. The van der Waals surface area contributed by atoms with Crippen molar-refractivity contribution in [3.05, 3.63) is 41.5 Å². The van der Waals surface area contributed by atoms with Crippen LogP contribution in [0.3, 0.4) is 0 Å². The number of rotatable bonds is 8. The molecule has 128 valence electrons. The van der Waals surface area contributed by atoms with Gasteiger partial charge in [0.2, 0.25) is 0 Å². The fourth-order valence-corrected chi connectivity index (χ4v) is 3.81. The molecule has 0 bridgehead atoms. The first-order chi connectivity index (χ1) is 11.2. The molecule has 0 aromatic heterocycles. The van der Waals surface area contributed by atoms with Crippen LogP contribution in [0, 0.1) is 5.92 Å². The summed E-state index contributed by atoms with van der Waals surface area (Å²) in [5, 5.41) is 0. The fourth-order valence-electron chi connectivity index (χ4n) is 3.81. The van der Waals surface area contributed by atoms with Crippen molar-refractivity contribution in [1.29, 1.82) is 0 Å². The molecule has 0 atom stereocenters. The van der Waals surface area contributed by atoms with E-state index in [4.69, 9.17) is 0 Å². The maximum Gasteiger partial charge on any atom is 0.270 e. The predicted octanol–water partition coefficient (Wildman–Crippen LogP) is 7.56. The van der Waals surface area contributed by atoms with Gasteiger partial charge in [0.15, 0.2) is 0 Å². The number of halogens is 2. The highest BCUT2D eigenvalue weighted by Crippen LogP contribution is 2.37. The van der Waals surface area contributed by atoms with Crippen LogP contribution < -0.4 is 0 Å². The van der Waals surface area contributed by atoms with Crippen molar-refractivity contribution in [1.82, 2.24) is 0 Å². The van der Waals surface area contributed by atoms with Gasteiger partial charge < -0.3 is 0 Å². The van der Waals surface area contributed by atoms with Crippen molar-refractivity contribution in [3.63, 3.8) is 0 Å². The molecule has 1 aliphatic rings. The van der Waals surface area contributed by atoms with Gasteiger partial charge in [-0.25, -0.2) is 0 Å². The molecule has 0 unspecified atom stereocenters. The van der Waals surface area contributed by atoms with Crippen LogP contribution in [-0.2, 0) is 0 Å². The van der Waals surface area contributed by atoms with Crippen molar-refractivity contribution in [2.24, 2.45) is 5.92 Å². The minimum atomic E-state index is -1.63. The smallest absolute Gasteiger partial charge is 0.173 e. The summed E-state index contributed by atoms with van der Waals surface area (Å²) in [6.07, 6.45) is 12.8. The summed E-state index contributed by atoms with van der Waals surface area (Å²) in [4.78, 5) is 0. The number of hydrogen-bond acceptors (Lipinski definition) is 0. The van der Waals surface area contributed by atoms with E-state index in [1.165, 1.54) is 69.8 Å². The van der Waals surface area contributed by atoms with Gasteiger partial charge in [0, 0.05) is 6.08 Å². The molecular weight excluding hydrogens is 290 g/mol. The molecule has 2 heteroatoms. The summed E-state index contributed by atoms with van der Waals surface area (Å²) < 4.78 is 24.5. The van der Waals surface area contributed by atoms with Gasteiger partial charge in [-0.3, -0.25) is 0 Å². The van der Waals surface area contributed by atoms with Crippen LogP contribution in [-0.4, -0.2) is 0 Å². The molecule has 1 aromatic rings. The Balaban J connectivity index is 1.72. The Morgan fingerprint density at radius 1 is 0.957 bits per heavy atom. The summed E-state index contributed by atoms with van der Waals surface area (Å²) >= 11 is 0. The van der Waals surface area contributed by atoms with Gasteiger partial charge in [0.1, 0.15) is 0 Å². The van der Waals surface area contributed by atoms with Crippen LogP contribution in [0.15, 0.2) is 30.3 Å². The zero-order valence-electron chi connectivity index (χ0n) is 14.4. The lowest BCUT2D eigenvalue weighted by Gasteiger charge is -2.29. The summed E-state index contributed by atoms with van der Waals surface area (Å²) in [5.74, 6) is 1.54. The maximum atomic E-state index is 12.3. The highest BCUT2D eigenvalue weighted by atomic mass is 19.3. The van der Waals surface area contributed by atoms with E-state index < -0.39 is 6.08 Å². The lowest BCUT2D eigenvalue weighted by Crippen LogP contribution is -2.13. The second-order valence-electron chi connectivity index (χ2n) is 7.02. The molecule has 0 saturated heterocycles. The SMILES string of the molecule is CCCCCCCC1CCC(c2ccc(C=C(F)F)cc2)CC1. The predicted molar refractivity (Wildman–Crippen MR) is 94.7 cm³/mol. The Morgan fingerprint density at radius 2 is 1.61 bits per heavy atom. The summed E-state index contributed by atoms with van der Waals surface area (Å²) in [6, 6.07) is 7.69. The van der Waals surface area contributed by atoms with E-state index in [1.807, 2.05) is 24.3 Å². The molecule has 1 fully saturated rings. The third-order valence-electron chi connectivity index (χ3n) is 5.25. The average Bonchev–Trinajstić information content (AvgIpc) is 2.55. The van der Waals surface area contributed by atoms with Gasteiger partial charge in [0.25, 0.3) is 6.08 Å². The molecule has 0 heterocycles. The Labute approximate surface area is 140 Å². The maximum absolute atomic E-state index is 12.3. The van der Waals surface area contributed by atoms with Crippen LogP contribution in [0.1, 0.15) is 88.2 Å². The Kier molecular flexibility index (Phi) is 7.78. The third-order valence-corrected chi connectivity index (χ3v) is 5.25. The van der Waals surface area contributed by atoms with E-state index in [0.29, 0.717) is 11.5 Å². The van der Waals surface area contributed by atoms with Gasteiger partial charge in [-0.05, 0) is 48.6 Å². The first-order valence-electron chi connectivity index (χ1n) is 9.31. The second kappa shape index (κ2) is 9.85. The van der Waals surface area contributed by atoms with Crippen LogP contribution in [0.5, 0.6) is 0 Å². The van der Waals surface area contributed by atoms with E-state index in [-0.39, 0.29) is 0 Å². The second-order valence-corrected chi connectivity index (χ2v) is 7.02. The average molecular weight is 320 g/mol. The fraction of sp³-hybridized carbons (Fsp3) is 0.619. The number of hydrogen-bond donors (Lipinski definition) is 0. The van der Waals surface area contributed by atoms with Gasteiger partial charge in [0.05, 0.1) is 0 Å². The molecule has 0 nitrogen and oxygen atoms in total. The van der Waals surface area contributed by atoms with Crippen LogP contribution in [0.25, 0.3) is 6.08 Å². The first-order valence-corrected chi connectivity index (χ1v) is 9.31. The minimum Gasteiger partial charge on any atom is -0.173 e. The van der Waals surface area contributed by atoms with Crippen molar-refractivity contribution in [2.75, 3.05) is 0 Å². The Hall–Kier alpha value is -1.18. The monoisotopic (exact) mass is 320 g/mol. The Morgan fingerprint density at radius 3 is 2.22 bits per heavy atom. The molecule has 0 radical (unpaired) electrons. The zero-order valence-corrected chi connectivity index (χ0v) is 14.4. The lowest BCUT2D eigenvalue weighted by atomic mass is 9.77. The van der Waals surface area contributed by atoms with Crippen molar-refractivity contribution < 1.29 is 8.78 Å². The van der Waals surface area contributed by atoms with Crippen LogP contribution >= 0.6 is 0 Å². The van der Waals surface area contributed by atoms with Gasteiger partial charge in [-0.1, -0.05) is 69.7 Å². The van der Waals surface area contributed by atoms with Crippen molar-refractivity contribution in [3.8, 4) is 0 Å². The molecule has 0 amide bonds. The summed E-state index contributed by atoms with van der Waals surface area (Å²) in [7, 11) is 0. The van der Waals surface area contributed by atoms with E-state index in [2.05, 4.69) is 6.92 Å². The molecule has 0 N–H and O–H groups in total. The molecule has 1 aromatic carbocycles. The van der Waals surface area contributed by atoms with Crippen molar-refractivity contribution in [2.45, 2.75) is 77.0 Å². The largest absolute Gasteiger partial charge is 0.270 e. The normalized spacial score (nSPS) is 21.2. The quantitative estimate of drug-likeness (QED) is 0.433. The van der Waals surface area contributed by atoms with Crippen molar-refractivity contribution >= 4 is 6.08 Å². The molecular formula is C21H30F2. The molecule has 0 aliphatic heterocycles. The van der Waals surface area contributed by atoms with E-state index >= 15 is 0 Å². The summed E-state index contributed by atoms with van der Waals surface area (Å²) in [6.45, 7) is 2.26. The van der Waals surface area contributed by atoms with E-state index in [0.717, 1.165) is 12.0 Å². The van der Waals surface area contributed by atoms with E-state index in [1.54, 1.807) is 0 Å². The highest BCUT2D eigenvalue weighted by molar-refractivity contribution is 5.50. The van der Waals surface area contributed by atoms with Gasteiger partial charge in [-0.15, -0.1) is 0 Å². The highest BCUT2D eigenvalue weighted by Gasteiger charge is 2.21. The number of benzene rings is 1. The summed E-state index contributed by atoms with van der Waals surface area (Å²) in [5.41, 5.74) is 1.91. The minimum absolute atomic E-state index is 0.592.